The summed E-state index contributed by atoms with van der Waals surface area (Å²) in [5.74, 6) is -3.37. The van der Waals surface area contributed by atoms with E-state index < -0.39 is 72.1 Å². The number of halogens is 11. The van der Waals surface area contributed by atoms with Gasteiger partial charge in [-0.25, -0.2) is 13.6 Å². The first-order valence-electron chi connectivity index (χ1n) is 11.4. The summed E-state index contributed by atoms with van der Waals surface area (Å²) in [6.07, 6.45) is -18.1. The van der Waals surface area contributed by atoms with E-state index >= 15 is 0 Å². The number of carbonyl (C=O) groups is 1. The van der Waals surface area contributed by atoms with Crippen LogP contribution in [0.2, 0.25) is 0 Å². The summed E-state index contributed by atoms with van der Waals surface area (Å²) >= 11 is 0. The van der Waals surface area contributed by atoms with E-state index in [1.54, 1.807) is 6.07 Å². The monoisotopic (exact) mass is 600 g/mol. The lowest BCUT2D eigenvalue weighted by Crippen LogP contribution is -2.56. The number of rotatable bonds is 10. The Morgan fingerprint density at radius 1 is 0.756 bits per heavy atom. The van der Waals surface area contributed by atoms with Crippen molar-refractivity contribution in [3.05, 3.63) is 101 Å². The van der Waals surface area contributed by atoms with E-state index in [1.165, 1.54) is 24.3 Å². The Labute approximate surface area is 225 Å². The lowest BCUT2D eigenvalue weighted by molar-refractivity contribution is -0.253. The molecule has 0 unspecified atom stereocenters. The van der Waals surface area contributed by atoms with Gasteiger partial charge in [0.15, 0.2) is 0 Å². The first-order chi connectivity index (χ1) is 18.9. The minimum Gasteiger partial charge on any atom is -0.428 e. The van der Waals surface area contributed by atoms with Gasteiger partial charge >= 0.3 is 30.8 Å². The van der Waals surface area contributed by atoms with Gasteiger partial charge in [0.1, 0.15) is 23.8 Å². The molecule has 3 rings (SSSR count). The Balaban J connectivity index is 2.22. The van der Waals surface area contributed by atoms with E-state index in [1.807, 2.05) is 5.32 Å². The van der Waals surface area contributed by atoms with E-state index in [2.05, 4.69) is 4.74 Å². The molecule has 0 radical (unpaired) electrons. The van der Waals surface area contributed by atoms with Gasteiger partial charge in [-0.1, -0.05) is 42.5 Å². The fourth-order valence-electron chi connectivity index (χ4n) is 3.95. The highest BCUT2D eigenvalue weighted by Gasteiger charge is 2.47. The third-order valence-electron chi connectivity index (χ3n) is 5.57. The number of benzene rings is 3. The van der Waals surface area contributed by atoms with Crippen LogP contribution in [0.4, 0.5) is 53.1 Å². The molecule has 3 aromatic rings. The van der Waals surface area contributed by atoms with E-state index in [-0.39, 0.29) is 11.1 Å². The van der Waals surface area contributed by atoms with Gasteiger partial charge in [-0.05, 0) is 41.0 Å². The average molecular weight is 600 g/mol. The summed E-state index contributed by atoms with van der Waals surface area (Å²) < 4.78 is 151. The maximum Gasteiger partial charge on any atom is 0.461 e. The highest BCUT2D eigenvalue weighted by Crippen LogP contribution is 2.38. The first-order valence-corrected chi connectivity index (χ1v) is 11.4. The molecule has 0 heterocycles. The van der Waals surface area contributed by atoms with Crippen LogP contribution in [0.5, 0.6) is 5.75 Å². The molecule has 0 aliphatic heterocycles. The number of amides is 2. The highest BCUT2D eigenvalue weighted by atomic mass is 19.4. The summed E-state index contributed by atoms with van der Waals surface area (Å²) in [5.41, 5.74) is -2.76. The van der Waals surface area contributed by atoms with Crippen LogP contribution in [0.15, 0.2) is 72.8 Å². The van der Waals surface area contributed by atoms with Gasteiger partial charge in [-0.3, -0.25) is 5.32 Å². The standard InChI is InChI=1S/C26H19F11N2O2/c27-18-8-6-16(7-9-18)23(13-15-4-2-1-3-5-15,38-22(40)39-25(34,35)14-24(31,32)33)17-10-19(28)12-20(11-17)41-26(36,37)21(29)30/h1-12,21H,13-14H2,(H2,38,39,40)/t23-/m1/s1. The Kier molecular flexibility index (Phi) is 9.08. The van der Waals surface area contributed by atoms with E-state index in [0.29, 0.717) is 18.2 Å². The predicted octanol–water partition coefficient (Wildman–Crippen LogP) is 7.53. The molecule has 0 aliphatic rings. The van der Waals surface area contributed by atoms with Gasteiger partial charge in [0.05, 0.1) is 5.54 Å². The molecule has 0 aromatic heterocycles. The van der Waals surface area contributed by atoms with Gasteiger partial charge in [-0.2, -0.15) is 39.5 Å². The molecular formula is C26H19F11N2O2. The molecule has 0 saturated heterocycles. The van der Waals surface area contributed by atoms with Gasteiger partial charge in [0.25, 0.3) is 0 Å². The van der Waals surface area contributed by atoms with Crippen molar-refractivity contribution in [3.63, 3.8) is 0 Å². The second kappa shape index (κ2) is 11.8. The molecule has 0 bridgehead atoms. The smallest absolute Gasteiger partial charge is 0.428 e. The summed E-state index contributed by atoms with van der Waals surface area (Å²) in [4.78, 5) is 12.8. The zero-order valence-electron chi connectivity index (χ0n) is 20.4. The highest BCUT2D eigenvalue weighted by molar-refractivity contribution is 5.76. The van der Waals surface area contributed by atoms with Crippen molar-refractivity contribution in [2.75, 3.05) is 0 Å². The van der Waals surface area contributed by atoms with Gasteiger partial charge in [0.2, 0.25) is 0 Å². The van der Waals surface area contributed by atoms with Crippen LogP contribution in [-0.2, 0) is 12.0 Å². The maximum atomic E-state index is 14.7. The molecule has 0 spiro atoms. The second-order valence-corrected chi connectivity index (χ2v) is 8.79. The van der Waals surface area contributed by atoms with Gasteiger partial charge in [0, 0.05) is 12.5 Å². The third-order valence-corrected chi connectivity index (χ3v) is 5.57. The van der Waals surface area contributed by atoms with Crippen molar-refractivity contribution in [1.82, 2.24) is 10.6 Å². The molecule has 0 fully saturated rings. The molecule has 4 nitrogen and oxygen atoms in total. The molecule has 2 N–H and O–H groups in total. The number of alkyl halides is 9. The Hall–Kier alpha value is -4.04. The summed E-state index contributed by atoms with van der Waals surface area (Å²) in [7, 11) is 0. The van der Waals surface area contributed by atoms with E-state index in [9.17, 15) is 53.1 Å². The summed E-state index contributed by atoms with van der Waals surface area (Å²) in [6, 6.07) is 5.88. The third kappa shape index (κ3) is 8.47. The molecule has 0 saturated carbocycles. The average Bonchev–Trinajstić information content (AvgIpc) is 2.82. The second-order valence-electron chi connectivity index (χ2n) is 8.79. The lowest BCUT2D eigenvalue weighted by Gasteiger charge is -2.37. The van der Waals surface area contributed by atoms with Crippen molar-refractivity contribution < 1.29 is 57.8 Å². The van der Waals surface area contributed by atoms with Crippen molar-refractivity contribution in [2.24, 2.45) is 0 Å². The lowest BCUT2D eigenvalue weighted by atomic mass is 9.77. The quantitative estimate of drug-likeness (QED) is 0.187. The topological polar surface area (TPSA) is 50.4 Å². The minimum absolute atomic E-state index is 0.186. The Bertz CT molecular complexity index is 1330. The number of nitrogens with one attached hydrogen (secondary N) is 2. The molecule has 0 aliphatic carbocycles. The SMILES string of the molecule is O=C(NC(F)(F)CC(F)(F)F)N[C@](Cc1ccccc1)(c1ccc(F)cc1)c1cc(F)cc(OC(F)(F)C(F)F)c1. The zero-order valence-corrected chi connectivity index (χ0v) is 20.4. The van der Waals surface area contributed by atoms with Crippen molar-refractivity contribution in [1.29, 1.82) is 0 Å². The molecular weight excluding hydrogens is 581 g/mol. The van der Waals surface area contributed by atoms with E-state index in [4.69, 9.17) is 0 Å². The van der Waals surface area contributed by atoms with Crippen LogP contribution in [0.3, 0.4) is 0 Å². The summed E-state index contributed by atoms with van der Waals surface area (Å²) in [6.45, 7) is 0. The van der Waals surface area contributed by atoms with E-state index in [0.717, 1.165) is 29.6 Å². The maximum absolute atomic E-state index is 14.7. The molecule has 2 amide bonds. The molecule has 15 heteroatoms. The number of hydrogen-bond donors (Lipinski definition) is 2. The van der Waals surface area contributed by atoms with Crippen LogP contribution in [0.25, 0.3) is 0 Å². The fraction of sp³-hybridized carbons (Fsp3) is 0.269. The normalized spacial score (nSPS) is 14.0. The molecule has 41 heavy (non-hydrogen) atoms. The van der Waals surface area contributed by atoms with Gasteiger partial charge < -0.3 is 10.1 Å². The number of hydrogen-bond acceptors (Lipinski definition) is 2. The minimum atomic E-state index is -5.40. The van der Waals surface area contributed by atoms with Crippen LogP contribution in [-0.4, -0.2) is 30.8 Å². The number of ether oxygens (including phenoxy) is 1. The number of carbonyl (C=O) groups excluding carboxylic acids is 1. The first kappa shape index (κ1) is 31.5. The number of urea groups is 1. The van der Waals surface area contributed by atoms with Gasteiger partial charge in [-0.15, -0.1) is 0 Å². The molecule has 1 atom stereocenters. The summed E-state index contributed by atoms with van der Waals surface area (Å²) in [5, 5.41) is 2.90. The van der Waals surface area contributed by atoms with Crippen molar-refractivity contribution >= 4 is 6.03 Å². The van der Waals surface area contributed by atoms with Crippen molar-refractivity contribution in [3.8, 4) is 5.75 Å². The van der Waals surface area contributed by atoms with Crippen molar-refractivity contribution in [2.45, 2.75) is 43.1 Å². The predicted molar refractivity (Wildman–Crippen MR) is 123 cm³/mol. The van der Waals surface area contributed by atoms with Crippen LogP contribution >= 0.6 is 0 Å². The van der Waals surface area contributed by atoms with Crippen LogP contribution < -0.4 is 15.4 Å². The van der Waals surface area contributed by atoms with Crippen LogP contribution in [0, 0.1) is 11.6 Å². The zero-order chi connectivity index (χ0) is 30.6. The fourth-order valence-corrected chi connectivity index (χ4v) is 3.95. The molecule has 222 valence electrons. The molecule has 3 aromatic carbocycles. The van der Waals surface area contributed by atoms with Crippen LogP contribution in [0.1, 0.15) is 23.1 Å². The Morgan fingerprint density at radius 2 is 1.37 bits per heavy atom. The Morgan fingerprint density at radius 3 is 1.93 bits per heavy atom. The largest absolute Gasteiger partial charge is 0.461 e.